The van der Waals surface area contributed by atoms with Gasteiger partial charge in [0.15, 0.2) is 0 Å². The van der Waals surface area contributed by atoms with Gasteiger partial charge in [-0.2, -0.15) is 0 Å². The fraction of sp³-hybridized carbons (Fsp3) is 0.176. The van der Waals surface area contributed by atoms with E-state index in [1.54, 1.807) is 25.1 Å². The summed E-state index contributed by atoms with van der Waals surface area (Å²) in [6, 6.07) is 9.96. The summed E-state index contributed by atoms with van der Waals surface area (Å²) in [7, 11) is 0. The normalized spacial score (nSPS) is 10.2. The molecule has 0 saturated carbocycles. The molecule has 130 valence electrons. The number of carbonyl (C=O) groups is 2. The number of non-ortho nitro benzene ring substituents is 1. The van der Waals surface area contributed by atoms with Gasteiger partial charge in [0.25, 0.3) is 5.69 Å². The highest BCUT2D eigenvalue weighted by molar-refractivity contribution is 9.10. The number of nitro benzene ring substituents is 1. The van der Waals surface area contributed by atoms with Crippen molar-refractivity contribution in [2.45, 2.75) is 13.5 Å². The van der Waals surface area contributed by atoms with Gasteiger partial charge < -0.3 is 9.47 Å². The van der Waals surface area contributed by atoms with Crippen LogP contribution in [0.25, 0.3) is 0 Å². The Hall–Kier alpha value is -2.74. The second kappa shape index (κ2) is 8.39. The van der Waals surface area contributed by atoms with E-state index < -0.39 is 16.9 Å². The molecule has 2 aromatic carbocycles. The Morgan fingerprint density at radius 3 is 2.20 bits per heavy atom. The predicted octanol–water partition coefficient (Wildman–Crippen LogP) is 3.89. The van der Waals surface area contributed by atoms with Crippen LogP contribution in [0.1, 0.15) is 33.2 Å². The maximum atomic E-state index is 12.0. The Labute approximate surface area is 151 Å². The number of nitro groups is 1. The molecule has 0 aliphatic carbocycles. The van der Waals surface area contributed by atoms with E-state index in [9.17, 15) is 19.7 Å². The van der Waals surface area contributed by atoms with Crippen molar-refractivity contribution >= 4 is 33.6 Å². The molecule has 2 aromatic rings. The molecular formula is C17H14BrNO6. The molecule has 0 fully saturated rings. The van der Waals surface area contributed by atoms with E-state index in [0.29, 0.717) is 15.6 Å². The van der Waals surface area contributed by atoms with Crippen LogP contribution in [0.4, 0.5) is 5.69 Å². The topological polar surface area (TPSA) is 95.7 Å². The molecule has 0 unspecified atom stereocenters. The number of benzene rings is 2. The molecule has 0 amide bonds. The number of esters is 2. The van der Waals surface area contributed by atoms with Gasteiger partial charge in [0.05, 0.1) is 22.7 Å². The zero-order valence-electron chi connectivity index (χ0n) is 13.2. The van der Waals surface area contributed by atoms with Crippen LogP contribution in [0.15, 0.2) is 46.9 Å². The van der Waals surface area contributed by atoms with E-state index in [1.165, 1.54) is 24.3 Å². The van der Waals surface area contributed by atoms with Gasteiger partial charge in [-0.05, 0) is 31.2 Å². The second-order valence-corrected chi connectivity index (χ2v) is 5.76. The number of hydrogen-bond donors (Lipinski definition) is 0. The summed E-state index contributed by atoms with van der Waals surface area (Å²) >= 11 is 3.32. The molecule has 0 aromatic heterocycles. The molecule has 0 aliphatic rings. The smallest absolute Gasteiger partial charge is 0.338 e. The van der Waals surface area contributed by atoms with Gasteiger partial charge in [0, 0.05) is 22.2 Å². The van der Waals surface area contributed by atoms with Crippen LogP contribution in [-0.4, -0.2) is 23.5 Å². The van der Waals surface area contributed by atoms with Crippen LogP contribution in [0.3, 0.4) is 0 Å². The molecule has 0 spiro atoms. The highest BCUT2D eigenvalue weighted by atomic mass is 79.9. The van der Waals surface area contributed by atoms with Crippen LogP contribution in [-0.2, 0) is 16.1 Å². The highest BCUT2D eigenvalue weighted by Crippen LogP contribution is 2.21. The van der Waals surface area contributed by atoms with E-state index in [-0.39, 0.29) is 24.5 Å². The summed E-state index contributed by atoms with van der Waals surface area (Å²) in [6.45, 7) is 1.99. The number of halogens is 1. The fourth-order valence-corrected chi connectivity index (χ4v) is 2.44. The van der Waals surface area contributed by atoms with Gasteiger partial charge in [-0.3, -0.25) is 10.1 Å². The van der Waals surface area contributed by atoms with Crippen LogP contribution in [0, 0.1) is 10.1 Å². The first-order valence-corrected chi connectivity index (χ1v) is 8.08. The molecule has 2 rings (SSSR count). The second-order valence-electron chi connectivity index (χ2n) is 4.91. The lowest BCUT2D eigenvalue weighted by atomic mass is 10.1. The Balaban J connectivity index is 2.01. The molecule has 0 aliphatic heterocycles. The molecule has 0 radical (unpaired) electrons. The number of ether oxygens (including phenoxy) is 2. The maximum absolute atomic E-state index is 12.0. The number of rotatable bonds is 6. The van der Waals surface area contributed by atoms with Crippen molar-refractivity contribution in [2.24, 2.45) is 0 Å². The minimum absolute atomic E-state index is 0.0144. The van der Waals surface area contributed by atoms with Gasteiger partial charge in [0.2, 0.25) is 0 Å². The Morgan fingerprint density at radius 1 is 1.04 bits per heavy atom. The molecule has 25 heavy (non-hydrogen) atoms. The van der Waals surface area contributed by atoms with E-state index in [4.69, 9.17) is 9.47 Å². The summed E-state index contributed by atoms with van der Waals surface area (Å²) in [6.07, 6.45) is 0. The van der Waals surface area contributed by atoms with Gasteiger partial charge in [0.1, 0.15) is 6.61 Å². The third-order valence-corrected chi connectivity index (χ3v) is 3.97. The fourth-order valence-electron chi connectivity index (χ4n) is 1.95. The first kappa shape index (κ1) is 18.6. The van der Waals surface area contributed by atoms with Crippen molar-refractivity contribution in [3.63, 3.8) is 0 Å². The summed E-state index contributed by atoms with van der Waals surface area (Å²) in [5, 5.41) is 10.6. The quantitative estimate of drug-likeness (QED) is 0.409. The summed E-state index contributed by atoms with van der Waals surface area (Å²) in [5.41, 5.74) is 1.17. The van der Waals surface area contributed by atoms with E-state index in [2.05, 4.69) is 15.9 Å². The minimum Gasteiger partial charge on any atom is -0.462 e. The monoisotopic (exact) mass is 407 g/mol. The number of carbonyl (C=O) groups excluding carboxylic acids is 2. The third-order valence-electron chi connectivity index (χ3n) is 3.24. The zero-order valence-corrected chi connectivity index (χ0v) is 14.8. The number of hydrogen-bond acceptors (Lipinski definition) is 6. The van der Waals surface area contributed by atoms with Crippen molar-refractivity contribution < 1.29 is 24.0 Å². The van der Waals surface area contributed by atoms with E-state index in [0.717, 1.165) is 0 Å². The maximum Gasteiger partial charge on any atom is 0.338 e. The van der Waals surface area contributed by atoms with Crippen molar-refractivity contribution in [3.05, 3.63) is 73.7 Å². The van der Waals surface area contributed by atoms with Crippen LogP contribution >= 0.6 is 15.9 Å². The van der Waals surface area contributed by atoms with Crippen LogP contribution in [0.2, 0.25) is 0 Å². The standard InChI is InChI=1S/C17H14BrNO6/c1-2-24-17(21)12-3-4-13(15(18)9-12)10-25-16(20)11-5-7-14(8-6-11)19(22)23/h3-9H,2,10H2,1H3. The molecule has 0 bridgehead atoms. The zero-order chi connectivity index (χ0) is 18.4. The lowest BCUT2D eigenvalue weighted by molar-refractivity contribution is -0.384. The van der Waals surface area contributed by atoms with E-state index in [1.807, 2.05) is 0 Å². The molecule has 7 nitrogen and oxygen atoms in total. The summed E-state index contributed by atoms with van der Waals surface area (Å²) in [5.74, 6) is -1.03. The van der Waals surface area contributed by atoms with Gasteiger partial charge in [-0.15, -0.1) is 0 Å². The minimum atomic E-state index is -0.601. The van der Waals surface area contributed by atoms with Crippen LogP contribution in [0.5, 0.6) is 0 Å². The molecule has 0 N–H and O–H groups in total. The van der Waals surface area contributed by atoms with Gasteiger partial charge in [-0.1, -0.05) is 22.0 Å². The average Bonchev–Trinajstić information content (AvgIpc) is 2.60. The molecule has 0 saturated heterocycles. The summed E-state index contributed by atoms with van der Waals surface area (Å²) in [4.78, 5) is 33.7. The third kappa shape index (κ3) is 4.87. The Morgan fingerprint density at radius 2 is 1.64 bits per heavy atom. The largest absolute Gasteiger partial charge is 0.462 e. The van der Waals surface area contributed by atoms with Gasteiger partial charge in [-0.25, -0.2) is 9.59 Å². The lowest BCUT2D eigenvalue weighted by Crippen LogP contribution is -2.07. The number of nitrogens with zero attached hydrogens (tertiary/aromatic N) is 1. The lowest BCUT2D eigenvalue weighted by Gasteiger charge is -2.08. The molecule has 0 heterocycles. The first-order chi connectivity index (χ1) is 11.9. The molecule has 0 atom stereocenters. The highest BCUT2D eigenvalue weighted by Gasteiger charge is 2.13. The Bertz CT molecular complexity index is 803. The summed E-state index contributed by atoms with van der Waals surface area (Å²) < 4.78 is 10.7. The molecular weight excluding hydrogens is 394 g/mol. The van der Waals surface area contributed by atoms with Crippen molar-refractivity contribution in [3.8, 4) is 0 Å². The van der Waals surface area contributed by atoms with Crippen molar-refractivity contribution in [2.75, 3.05) is 6.61 Å². The Kier molecular flexibility index (Phi) is 6.24. The van der Waals surface area contributed by atoms with Gasteiger partial charge >= 0.3 is 11.9 Å². The van der Waals surface area contributed by atoms with Crippen molar-refractivity contribution in [1.82, 2.24) is 0 Å². The SMILES string of the molecule is CCOC(=O)c1ccc(COC(=O)c2ccc([N+](=O)[O-])cc2)c(Br)c1. The predicted molar refractivity (Wildman–Crippen MR) is 92.3 cm³/mol. The average molecular weight is 408 g/mol. The molecule has 8 heteroatoms. The van der Waals surface area contributed by atoms with Crippen LogP contribution < -0.4 is 0 Å². The van der Waals surface area contributed by atoms with Crippen molar-refractivity contribution in [1.29, 1.82) is 0 Å². The van der Waals surface area contributed by atoms with E-state index >= 15 is 0 Å². The first-order valence-electron chi connectivity index (χ1n) is 7.29.